The van der Waals surface area contributed by atoms with Crippen LogP contribution in [-0.4, -0.2) is 28.1 Å². The van der Waals surface area contributed by atoms with Gasteiger partial charge in [0, 0.05) is 6.54 Å². The third-order valence-electron chi connectivity index (χ3n) is 1.65. The summed E-state index contributed by atoms with van der Waals surface area (Å²) in [7, 11) is 0. The van der Waals surface area contributed by atoms with E-state index >= 15 is 0 Å². The number of unbranched alkanes of at least 4 members (excludes halogenated alkanes) is 1. The van der Waals surface area contributed by atoms with Gasteiger partial charge in [0.1, 0.15) is 4.99 Å². The van der Waals surface area contributed by atoms with Gasteiger partial charge in [-0.15, -0.1) is 0 Å². The zero-order chi connectivity index (χ0) is 8.27. The van der Waals surface area contributed by atoms with Gasteiger partial charge in [0.25, 0.3) is 0 Å². The van der Waals surface area contributed by atoms with Crippen LogP contribution in [0.3, 0.4) is 0 Å². The molecule has 2 nitrogen and oxygen atoms in total. The van der Waals surface area contributed by atoms with E-state index in [4.69, 9.17) is 24.4 Å². The molecule has 0 unspecified atom stereocenters. The van der Waals surface area contributed by atoms with E-state index in [0.29, 0.717) is 0 Å². The van der Waals surface area contributed by atoms with Crippen molar-refractivity contribution >= 4 is 34.5 Å². The quantitative estimate of drug-likeness (QED) is 0.671. The standard InChI is InChI=1S/C7H12N2S2/c1-2-3-4-9-5-6(10)8-7(9)11/h2-5H2,1H3,(H,8,10,11). The number of hydrogen-bond donors (Lipinski definition) is 1. The highest BCUT2D eigenvalue weighted by atomic mass is 32.1. The molecule has 62 valence electrons. The summed E-state index contributed by atoms with van der Waals surface area (Å²) in [5, 5.41) is 3.76. The average molecular weight is 188 g/mol. The van der Waals surface area contributed by atoms with Gasteiger partial charge < -0.3 is 10.2 Å². The summed E-state index contributed by atoms with van der Waals surface area (Å²) in [5.74, 6) is 0. The highest BCUT2D eigenvalue weighted by Gasteiger charge is 2.18. The summed E-state index contributed by atoms with van der Waals surface area (Å²) in [6, 6.07) is 0. The summed E-state index contributed by atoms with van der Waals surface area (Å²) < 4.78 is 0. The second-order valence-corrected chi connectivity index (χ2v) is 3.51. The van der Waals surface area contributed by atoms with Gasteiger partial charge in [-0.1, -0.05) is 25.6 Å². The molecule has 0 aromatic rings. The van der Waals surface area contributed by atoms with Gasteiger partial charge >= 0.3 is 0 Å². The molecular weight excluding hydrogens is 176 g/mol. The second-order valence-electron chi connectivity index (χ2n) is 2.63. The van der Waals surface area contributed by atoms with Crippen LogP contribution in [-0.2, 0) is 0 Å². The molecule has 4 heteroatoms. The van der Waals surface area contributed by atoms with Gasteiger partial charge in [-0.25, -0.2) is 0 Å². The Morgan fingerprint density at radius 3 is 2.73 bits per heavy atom. The van der Waals surface area contributed by atoms with Crippen LogP contribution in [0.15, 0.2) is 0 Å². The van der Waals surface area contributed by atoms with Gasteiger partial charge in [-0.05, 0) is 18.6 Å². The molecule has 1 N–H and O–H groups in total. The largest absolute Gasteiger partial charge is 0.342 e. The lowest BCUT2D eigenvalue weighted by Gasteiger charge is -2.14. The predicted molar refractivity (Wildman–Crippen MR) is 54.8 cm³/mol. The normalized spacial score (nSPS) is 17.4. The molecule has 0 aliphatic carbocycles. The summed E-state index contributed by atoms with van der Waals surface area (Å²) >= 11 is 10.0. The van der Waals surface area contributed by atoms with Crippen molar-refractivity contribution < 1.29 is 0 Å². The van der Waals surface area contributed by atoms with Crippen LogP contribution in [0.5, 0.6) is 0 Å². The lowest BCUT2D eigenvalue weighted by molar-refractivity contribution is 0.475. The minimum atomic E-state index is 0.795. The summed E-state index contributed by atoms with van der Waals surface area (Å²) in [6.07, 6.45) is 2.39. The van der Waals surface area contributed by atoms with Gasteiger partial charge in [0.05, 0.1) is 6.54 Å². The van der Waals surface area contributed by atoms with Gasteiger partial charge in [-0.3, -0.25) is 0 Å². The highest BCUT2D eigenvalue weighted by molar-refractivity contribution is 7.82. The SMILES string of the molecule is CCCCN1CC(=S)NC1=S. The van der Waals surface area contributed by atoms with Crippen molar-refractivity contribution in [1.82, 2.24) is 10.2 Å². The molecule has 0 spiro atoms. The predicted octanol–water partition coefficient (Wildman–Crippen LogP) is 1.30. The van der Waals surface area contributed by atoms with Crippen LogP contribution in [0.2, 0.25) is 0 Å². The van der Waals surface area contributed by atoms with E-state index in [9.17, 15) is 0 Å². The Morgan fingerprint density at radius 1 is 1.55 bits per heavy atom. The smallest absolute Gasteiger partial charge is 0.174 e. The number of rotatable bonds is 3. The zero-order valence-electron chi connectivity index (χ0n) is 6.59. The first-order valence-corrected chi connectivity index (χ1v) is 4.64. The molecule has 1 saturated heterocycles. The Labute approximate surface area is 78.0 Å². The first kappa shape index (κ1) is 8.87. The minimum absolute atomic E-state index is 0.795. The van der Waals surface area contributed by atoms with E-state index in [1.54, 1.807) is 0 Å². The van der Waals surface area contributed by atoms with E-state index in [2.05, 4.69) is 17.1 Å². The van der Waals surface area contributed by atoms with Crippen molar-refractivity contribution in [3.05, 3.63) is 0 Å². The molecule has 0 radical (unpaired) electrons. The molecule has 1 fully saturated rings. The van der Waals surface area contributed by atoms with Crippen molar-refractivity contribution in [3.8, 4) is 0 Å². The molecule has 1 aliphatic rings. The molecular formula is C7H12N2S2. The Morgan fingerprint density at radius 2 is 2.27 bits per heavy atom. The van der Waals surface area contributed by atoms with Crippen LogP contribution in [0.4, 0.5) is 0 Å². The summed E-state index contributed by atoms with van der Waals surface area (Å²) in [6.45, 7) is 4.02. The maximum atomic E-state index is 5.06. The van der Waals surface area contributed by atoms with Crippen LogP contribution in [0.25, 0.3) is 0 Å². The van der Waals surface area contributed by atoms with E-state index in [0.717, 1.165) is 23.2 Å². The number of thiocarbonyl (C=S) groups is 2. The highest BCUT2D eigenvalue weighted by Crippen LogP contribution is 2.02. The molecule has 1 rings (SSSR count). The monoisotopic (exact) mass is 188 g/mol. The van der Waals surface area contributed by atoms with Crippen molar-refractivity contribution in [2.75, 3.05) is 13.1 Å². The molecule has 1 aliphatic heterocycles. The first-order valence-electron chi connectivity index (χ1n) is 3.82. The molecule has 0 atom stereocenters. The van der Waals surface area contributed by atoms with Crippen molar-refractivity contribution in [2.45, 2.75) is 19.8 Å². The fourth-order valence-corrected chi connectivity index (χ4v) is 1.61. The Kier molecular flexibility index (Phi) is 3.20. The van der Waals surface area contributed by atoms with Crippen LogP contribution in [0.1, 0.15) is 19.8 Å². The lowest BCUT2D eigenvalue weighted by atomic mass is 10.3. The third kappa shape index (κ3) is 2.38. The molecule has 0 aromatic carbocycles. The molecule has 1 heterocycles. The number of hydrogen-bond acceptors (Lipinski definition) is 2. The second kappa shape index (κ2) is 3.97. The number of nitrogens with zero attached hydrogens (tertiary/aromatic N) is 1. The van der Waals surface area contributed by atoms with E-state index in [1.807, 2.05) is 0 Å². The molecule has 11 heavy (non-hydrogen) atoms. The van der Waals surface area contributed by atoms with Crippen molar-refractivity contribution in [1.29, 1.82) is 0 Å². The fourth-order valence-electron chi connectivity index (χ4n) is 1.01. The van der Waals surface area contributed by atoms with Crippen LogP contribution in [0, 0.1) is 0 Å². The number of nitrogens with one attached hydrogen (secondary N) is 1. The van der Waals surface area contributed by atoms with Crippen molar-refractivity contribution in [2.24, 2.45) is 0 Å². The van der Waals surface area contributed by atoms with E-state index in [-0.39, 0.29) is 0 Å². The average Bonchev–Trinajstić information content (AvgIpc) is 2.26. The van der Waals surface area contributed by atoms with Gasteiger partial charge in [-0.2, -0.15) is 0 Å². The molecule has 0 bridgehead atoms. The van der Waals surface area contributed by atoms with Gasteiger partial charge in [0.15, 0.2) is 5.11 Å². The summed E-state index contributed by atoms with van der Waals surface area (Å²) in [5.41, 5.74) is 0. The molecule has 0 amide bonds. The minimum Gasteiger partial charge on any atom is -0.342 e. The maximum absolute atomic E-state index is 5.06. The Balaban J connectivity index is 2.34. The van der Waals surface area contributed by atoms with Crippen LogP contribution < -0.4 is 5.32 Å². The molecule has 0 saturated carbocycles. The Bertz CT molecular complexity index is 179. The Hall–Kier alpha value is -0.220. The third-order valence-corrected chi connectivity index (χ3v) is 2.24. The lowest BCUT2D eigenvalue weighted by Crippen LogP contribution is -2.28. The van der Waals surface area contributed by atoms with Crippen molar-refractivity contribution in [3.63, 3.8) is 0 Å². The first-order chi connectivity index (χ1) is 5.24. The summed E-state index contributed by atoms with van der Waals surface area (Å²) in [4.78, 5) is 2.97. The maximum Gasteiger partial charge on any atom is 0.174 e. The molecule has 0 aromatic heterocycles. The zero-order valence-corrected chi connectivity index (χ0v) is 8.23. The van der Waals surface area contributed by atoms with Gasteiger partial charge in [0.2, 0.25) is 0 Å². The van der Waals surface area contributed by atoms with Crippen LogP contribution >= 0.6 is 24.4 Å². The van der Waals surface area contributed by atoms with E-state index < -0.39 is 0 Å². The fraction of sp³-hybridized carbons (Fsp3) is 0.714. The van der Waals surface area contributed by atoms with E-state index in [1.165, 1.54) is 12.8 Å². The topological polar surface area (TPSA) is 15.3 Å².